The van der Waals surface area contributed by atoms with E-state index in [-0.39, 0.29) is 9.80 Å². The van der Waals surface area contributed by atoms with Gasteiger partial charge >= 0.3 is 0 Å². The number of fused-ring (bicyclic) bond motifs is 1. The van der Waals surface area contributed by atoms with Crippen LogP contribution in [0.5, 0.6) is 0 Å². The third kappa shape index (κ3) is 5.82. The Bertz CT molecular complexity index is 1420. The minimum Gasteiger partial charge on any atom is -0.349 e. The number of carbonyl (C=O) groups is 3. The number of sulfone groups is 1. The Hall–Kier alpha value is -2.39. The number of unbranched alkanes of at least 4 members (excludes halogenated alkanes) is 1. The molecule has 3 amide bonds. The van der Waals surface area contributed by atoms with Crippen molar-refractivity contribution in [3.63, 3.8) is 0 Å². The zero-order chi connectivity index (χ0) is 29.4. The van der Waals surface area contributed by atoms with Gasteiger partial charge in [-0.3, -0.25) is 19.3 Å². The van der Waals surface area contributed by atoms with Crippen LogP contribution < -0.4 is 10.2 Å². The molecule has 4 rings (SSSR count). The fraction of sp³-hybridized carbons (Fsp3) is 0.414. The lowest BCUT2D eigenvalue weighted by Gasteiger charge is -2.38. The van der Waals surface area contributed by atoms with Gasteiger partial charge in [-0.25, -0.2) is 8.42 Å². The molecule has 5 atom stereocenters. The second kappa shape index (κ2) is 11.8. The maximum Gasteiger partial charge on any atom is 0.272 e. The van der Waals surface area contributed by atoms with Crippen molar-refractivity contribution >= 4 is 68.0 Å². The zero-order valence-corrected chi connectivity index (χ0v) is 25.4. The van der Waals surface area contributed by atoms with Gasteiger partial charge in [-0.2, -0.15) is 0 Å². The summed E-state index contributed by atoms with van der Waals surface area (Å²) in [5.41, 5.74) is 1.30. The van der Waals surface area contributed by atoms with Gasteiger partial charge in [0.25, 0.3) is 9.70 Å². The Kier molecular flexibility index (Phi) is 9.05. The lowest BCUT2D eigenvalue weighted by Crippen LogP contribution is -2.49. The molecule has 1 fully saturated rings. The lowest BCUT2D eigenvalue weighted by atomic mass is 9.68. The molecule has 1 aliphatic heterocycles. The van der Waals surface area contributed by atoms with Crippen molar-refractivity contribution in [1.29, 1.82) is 0 Å². The summed E-state index contributed by atoms with van der Waals surface area (Å²) < 4.78 is 26.0. The largest absolute Gasteiger partial charge is 0.349 e. The van der Waals surface area contributed by atoms with Crippen LogP contribution in [0.25, 0.3) is 0 Å². The number of aryl methyl sites for hydroxylation is 1. The molecule has 1 aliphatic carbocycles. The number of rotatable bonds is 8. The number of halogens is 3. The molecule has 11 heteroatoms. The SMILES string of the molecule is CCCC[C@H]1C(S(=O)(=O)c2ccc(C)cc2)=C[C@@H]([C@@H](C)NC(=O)C(Cl)(Cl)Cl)[C@H]2C(=O)N(c3ccccc3)C(=O)[C@H]21. The van der Waals surface area contributed by atoms with E-state index in [0.29, 0.717) is 18.5 Å². The standard InChI is InChI=1S/C29H31Cl3N2O5S/c1-4-5-11-21-23(40(38,39)20-14-12-17(2)13-15-20)16-22(18(3)33-28(37)29(30,31)32)25-24(21)26(35)34(27(25)36)19-9-7-6-8-10-19/h6-10,12-16,18,21-22,24-25H,4-5,11H2,1-3H3,(H,33,37)/t18-,21+,22+,24+,25-/m1/s1. The molecule has 2 aromatic rings. The minimum absolute atomic E-state index is 0.0714. The van der Waals surface area contributed by atoms with E-state index in [4.69, 9.17) is 34.8 Å². The van der Waals surface area contributed by atoms with E-state index in [9.17, 15) is 22.8 Å². The first-order valence-electron chi connectivity index (χ1n) is 13.1. The Morgan fingerprint density at radius 1 is 1.00 bits per heavy atom. The molecule has 1 N–H and O–H groups in total. The second-order valence-corrected chi connectivity index (χ2v) is 14.6. The Labute approximate surface area is 249 Å². The van der Waals surface area contributed by atoms with Gasteiger partial charge in [0.1, 0.15) is 0 Å². The number of nitrogens with one attached hydrogen (secondary N) is 1. The lowest BCUT2D eigenvalue weighted by molar-refractivity contribution is -0.125. The van der Waals surface area contributed by atoms with Gasteiger partial charge in [0.05, 0.1) is 22.4 Å². The van der Waals surface area contributed by atoms with Crippen LogP contribution in [-0.4, -0.2) is 36.0 Å². The molecule has 0 aromatic heterocycles. The van der Waals surface area contributed by atoms with Gasteiger partial charge in [-0.05, 0) is 44.5 Å². The predicted octanol–water partition coefficient (Wildman–Crippen LogP) is 5.77. The summed E-state index contributed by atoms with van der Waals surface area (Å²) in [6.07, 6.45) is 3.37. The zero-order valence-electron chi connectivity index (χ0n) is 22.3. The van der Waals surface area contributed by atoms with E-state index < -0.39 is 61.1 Å². The summed E-state index contributed by atoms with van der Waals surface area (Å²) in [5, 5.41) is 2.61. The molecule has 0 spiro atoms. The fourth-order valence-corrected chi connectivity index (χ4v) is 7.62. The molecule has 214 valence electrons. The van der Waals surface area contributed by atoms with Gasteiger partial charge in [-0.15, -0.1) is 0 Å². The first kappa shape index (κ1) is 30.6. The van der Waals surface area contributed by atoms with Crippen LogP contribution in [-0.2, 0) is 24.2 Å². The van der Waals surface area contributed by atoms with Crippen LogP contribution in [0.3, 0.4) is 0 Å². The summed E-state index contributed by atoms with van der Waals surface area (Å²) in [7, 11) is -4.06. The molecular formula is C29H31Cl3N2O5S. The van der Waals surface area contributed by atoms with E-state index in [1.807, 2.05) is 13.8 Å². The molecule has 40 heavy (non-hydrogen) atoms. The van der Waals surface area contributed by atoms with Gasteiger partial charge in [-0.1, -0.05) is 96.5 Å². The Morgan fingerprint density at radius 3 is 2.17 bits per heavy atom. The normalized spacial score (nSPS) is 23.9. The van der Waals surface area contributed by atoms with Crippen LogP contribution in [0.1, 0.15) is 38.7 Å². The van der Waals surface area contributed by atoms with E-state index in [1.165, 1.54) is 12.1 Å². The molecular weight excluding hydrogens is 595 g/mol. The summed E-state index contributed by atoms with van der Waals surface area (Å²) >= 11 is 17.4. The number of hydrogen-bond acceptors (Lipinski definition) is 5. The number of alkyl halides is 3. The predicted molar refractivity (Wildman–Crippen MR) is 157 cm³/mol. The van der Waals surface area contributed by atoms with Crippen LogP contribution in [0.4, 0.5) is 5.69 Å². The van der Waals surface area contributed by atoms with Crippen molar-refractivity contribution in [1.82, 2.24) is 5.32 Å². The first-order chi connectivity index (χ1) is 18.8. The van der Waals surface area contributed by atoms with Crippen molar-refractivity contribution < 1.29 is 22.8 Å². The van der Waals surface area contributed by atoms with Crippen molar-refractivity contribution in [2.24, 2.45) is 23.7 Å². The van der Waals surface area contributed by atoms with Crippen molar-refractivity contribution in [2.75, 3.05) is 4.90 Å². The smallest absolute Gasteiger partial charge is 0.272 e. The molecule has 2 aromatic carbocycles. The highest BCUT2D eigenvalue weighted by molar-refractivity contribution is 7.95. The number of benzene rings is 2. The summed E-state index contributed by atoms with van der Waals surface area (Å²) in [6, 6.07) is 14.2. The highest BCUT2D eigenvalue weighted by Crippen LogP contribution is 2.50. The summed E-state index contributed by atoms with van der Waals surface area (Å²) in [5.74, 6) is -5.28. The van der Waals surface area contributed by atoms with Crippen LogP contribution >= 0.6 is 34.8 Å². The minimum atomic E-state index is -4.06. The molecule has 0 radical (unpaired) electrons. The molecule has 1 saturated heterocycles. The van der Waals surface area contributed by atoms with Crippen LogP contribution in [0, 0.1) is 30.6 Å². The van der Waals surface area contributed by atoms with E-state index in [2.05, 4.69) is 5.32 Å². The highest BCUT2D eigenvalue weighted by Gasteiger charge is 2.59. The van der Waals surface area contributed by atoms with Crippen molar-refractivity contribution in [3.8, 4) is 0 Å². The topological polar surface area (TPSA) is 101 Å². The molecule has 2 aliphatic rings. The molecule has 7 nitrogen and oxygen atoms in total. The van der Waals surface area contributed by atoms with Gasteiger partial charge in [0, 0.05) is 22.8 Å². The molecule has 1 heterocycles. The first-order valence-corrected chi connectivity index (χ1v) is 15.7. The maximum absolute atomic E-state index is 14.1. The summed E-state index contributed by atoms with van der Waals surface area (Å²) in [6.45, 7) is 5.45. The molecule has 0 bridgehead atoms. The number of nitrogens with zero attached hydrogens (tertiary/aromatic N) is 1. The average molecular weight is 626 g/mol. The number of carbonyl (C=O) groups excluding carboxylic acids is 3. The molecule has 0 unspecified atom stereocenters. The quantitative estimate of drug-likeness (QED) is 0.297. The second-order valence-electron chi connectivity index (χ2n) is 10.4. The van der Waals surface area contributed by atoms with Crippen LogP contribution in [0.2, 0.25) is 0 Å². The third-order valence-corrected chi connectivity index (χ3v) is 10.2. The van der Waals surface area contributed by atoms with Crippen molar-refractivity contribution in [3.05, 3.63) is 71.1 Å². The number of anilines is 1. The van der Waals surface area contributed by atoms with Gasteiger partial charge in [0.15, 0.2) is 0 Å². The van der Waals surface area contributed by atoms with Crippen molar-refractivity contribution in [2.45, 2.75) is 54.8 Å². The third-order valence-electron chi connectivity index (χ3n) is 7.69. The maximum atomic E-state index is 14.1. The molecule has 0 saturated carbocycles. The number of amides is 3. The number of allylic oxidation sites excluding steroid dienone is 1. The van der Waals surface area contributed by atoms with E-state index in [0.717, 1.165) is 16.9 Å². The number of imide groups is 1. The van der Waals surface area contributed by atoms with Gasteiger partial charge < -0.3 is 5.32 Å². The fourth-order valence-electron chi connectivity index (χ4n) is 5.69. The van der Waals surface area contributed by atoms with Gasteiger partial charge in [0.2, 0.25) is 21.7 Å². The number of para-hydroxylation sites is 1. The number of hydrogen-bond donors (Lipinski definition) is 1. The van der Waals surface area contributed by atoms with E-state index in [1.54, 1.807) is 55.5 Å². The highest BCUT2D eigenvalue weighted by atomic mass is 35.6. The van der Waals surface area contributed by atoms with Crippen LogP contribution in [0.15, 0.2) is 70.5 Å². The van der Waals surface area contributed by atoms with E-state index >= 15 is 0 Å². The Balaban J connectivity index is 1.89. The summed E-state index contributed by atoms with van der Waals surface area (Å²) in [4.78, 5) is 41.9. The Morgan fingerprint density at radius 2 is 1.60 bits per heavy atom. The monoisotopic (exact) mass is 624 g/mol. The average Bonchev–Trinajstić information content (AvgIpc) is 3.17.